The third-order valence-electron chi connectivity index (χ3n) is 3.28. The molecule has 0 aliphatic heterocycles. The molecule has 0 spiro atoms. The highest BCUT2D eigenvalue weighted by Gasteiger charge is 1.96. The summed E-state index contributed by atoms with van der Waals surface area (Å²) < 4.78 is 0. The zero-order valence-electron chi connectivity index (χ0n) is 13.4. The van der Waals surface area contributed by atoms with Crippen LogP contribution in [0.4, 0.5) is 0 Å². The van der Waals surface area contributed by atoms with Crippen LogP contribution in [0.15, 0.2) is 24.3 Å². The van der Waals surface area contributed by atoms with Crippen LogP contribution in [0.2, 0.25) is 0 Å². The maximum absolute atomic E-state index is 11.5. The normalized spacial score (nSPS) is 11.5. The lowest BCUT2D eigenvalue weighted by atomic mass is 10.1. The summed E-state index contributed by atoms with van der Waals surface area (Å²) in [5.41, 5.74) is 0. The number of aliphatic carboxylic acids is 1. The molecule has 0 aliphatic carbocycles. The summed E-state index contributed by atoms with van der Waals surface area (Å²) in [7, 11) is 0. The zero-order valence-corrected chi connectivity index (χ0v) is 13.4. The fourth-order valence-electron chi connectivity index (χ4n) is 1.99. The van der Waals surface area contributed by atoms with Gasteiger partial charge in [-0.2, -0.15) is 0 Å². The molecule has 0 saturated heterocycles. The van der Waals surface area contributed by atoms with E-state index in [9.17, 15) is 9.59 Å². The Morgan fingerprint density at radius 1 is 0.857 bits per heavy atom. The van der Waals surface area contributed by atoms with E-state index in [1.165, 1.54) is 0 Å². The smallest absolute Gasteiger partial charge is 0.303 e. The van der Waals surface area contributed by atoms with E-state index in [0.29, 0.717) is 6.42 Å². The van der Waals surface area contributed by atoms with Crippen LogP contribution in [0.25, 0.3) is 0 Å². The van der Waals surface area contributed by atoms with E-state index in [0.717, 1.165) is 57.8 Å². The van der Waals surface area contributed by atoms with Gasteiger partial charge in [-0.3, -0.25) is 9.59 Å². The van der Waals surface area contributed by atoms with Gasteiger partial charge in [-0.1, -0.05) is 57.3 Å². The molecule has 0 heterocycles. The molecule has 0 aromatic rings. The number of allylic oxidation sites excluding steroid dienone is 4. The monoisotopic (exact) mass is 294 g/mol. The minimum absolute atomic E-state index is 0.177. The lowest BCUT2D eigenvalue weighted by Gasteiger charge is -1.98. The van der Waals surface area contributed by atoms with Gasteiger partial charge < -0.3 is 5.11 Å². The molecule has 120 valence electrons. The van der Waals surface area contributed by atoms with Gasteiger partial charge in [0.05, 0.1) is 0 Å². The van der Waals surface area contributed by atoms with Crippen molar-refractivity contribution in [2.24, 2.45) is 0 Å². The van der Waals surface area contributed by atoms with E-state index < -0.39 is 5.97 Å². The van der Waals surface area contributed by atoms with Gasteiger partial charge >= 0.3 is 5.97 Å². The summed E-state index contributed by atoms with van der Waals surface area (Å²) in [5, 5.41) is 8.50. The number of carbonyl (C=O) groups is 2. The molecule has 0 aromatic heterocycles. The number of hydrogen-bond donors (Lipinski definition) is 1. The highest BCUT2D eigenvalue weighted by atomic mass is 16.4. The van der Waals surface area contributed by atoms with E-state index >= 15 is 0 Å². The maximum Gasteiger partial charge on any atom is 0.303 e. The molecule has 0 atom stereocenters. The summed E-state index contributed by atoms with van der Waals surface area (Å²) >= 11 is 0. The Balaban J connectivity index is 3.37. The Bertz CT molecular complexity index is 329. The molecule has 0 unspecified atom stereocenters. The summed E-state index contributed by atoms with van der Waals surface area (Å²) in [6.07, 6.45) is 17.9. The molecule has 3 heteroatoms. The quantitative estimate of drug-likeness (QED) is 0.277. The highest BCUT2D eigenvalue weighted by molar-refractivity contribution is 5.90. The van der Waals surface area contributed by atoms with Gasteiger partial charge in [0.1, 0.15) is 0 Å². The van der Waals surface area contributed by atoms with Crippen LogP contribution in [-0.4, -0.2) is 16.9 Å². The van der Waals surface area contributed by atoms with Gasteiger partial charge in [-0.05, 0) is 31.8 Å². The molecule has 3 nitrogen and oxygen atoms in total. The topological polar surface area (TPSA) is 54.4 Å². The van der Waals surface area contributed by atoms with E-state index in [1.54, 1.807) is 6.08 Å². The fourth-order valence-corrected chi connectivity index (χ4v) is 1.99. The molecule has 0 rings (SSSR count). The standard InChI is InChI=1S/C18H30O3/c1-2-3-4-11-14-17(19)15-12-9-7-5-6-8-10-13-16-18(20)21/h9,11-12,14H,2-8,10,13,15-16H2,1H3,(H,20,21). The van der Waals surface area contributed by atoms with Crippen LogP contribution in [0, 0.1) is 0 Å². The van der Waals surface area contributed by atoms with Crippen LogP contribution in [0.5, 0.6) is 0 Å². The SMILES string of the molecule is CCCCC=CC(=O)CC=CCCCCCCCC(=O)O. The Morgan fingerprint density at radius 2 is 1.52 bits per heavy atom. The van der Waals surface area contributed by atoms with Gasteiger partial charge in [-0.25, -0.2) is 0 Å². The summed E-state index contributed by atoms with van der Waals surface area (Å²) in [5.74, 6) is -0.526. The molecule has 0 aliphatic rings. The molecule has 0 aromatic carbocycles. The van der Waals surface area contributed by atoms with Gasteiger partial charge in [0.25, 0.3) is 0 Å². The first-order valence-corrected chi connectivity index (χ1v) is 8.23. The molecule has 1 N–H and O–H groups in total. The Hall–Kier alpha value is -1.38. The first kappa shape index (κ1) is 19.6. The minimum Gasteiger partial charge on any atom is -0.481 e. The predicted molar refractivity (Wildman–Crippen MR) is 87.4 cm³/mol. The van der Waals surface area contributed by atoms with Crippen molar-refractivity contribution >= 4 is 11.8 Å². The maximum atomic E-state index is 11.5. The fraction of sp³-hybridized carbons (Fsp3) is 0.667. The number of ketones is 1. The second kappa shape index (κ2) is 15.0. The molecular weight excluding hydrogens is 264 g/mol. The van der Waals surface area contributed by atoms with Crippen LogP contribution in [0.1, 0.15) is 77.6 Å². The summed E-state index contributed by atoms with van der Waals surface area (Å²) in [6, 6.07) is 0. The molecule has 0 saturated carbocycles. The first-order chi connectivity index (χ1) is 10.2. The number of unbranched alkanes of at least 4 members (excludes halogenated alkanes) is 7. The Labute approximate surface area is 129 Å². The Morgan fingerprint density at radius 3 is 2.24 bits per heavy atom. The number of rotatable bonds is 14. The van der Waals surface area contributed by atoms with Crippen LogP contribution >= 0.6 is 0 Å². The van der Waals surface area contributed by atoms with Crippen molar-refractivity contribution in [1.82, 2.24) is 0 Å². The number of carbonyl (C=O) groups excluding carboxylic acids is 1. The van der Waals surface area contributed by atoms with Crippen molar-refractivity contribution in [3.05, 3.63) is 24.3 Å². The molecule has 0 amide bonds. The van der Waals surface area contributed by atoms with E-state index in [-0.39, 0.29) is 12.2 Å². The number of carboxylic acids is 1. The summed E-state index contributed by atoms with van der Waals surface area (Å²) in [6.45, 7) is 2.14. The van der Waals surface area contributed by atoms with Gasteiger partial charge in [-0.15, -0.1) is 0 Å². The second-order valence-corrected chi connectivity index (χ2v) is 5.39. The number of carboxylic acid groups (broad SMARTS) is 1. The molecule has 0 fully saturated rings. The van der Waals surface area contributed by atoms with Crippen molar-refractivity contribution in [1.29, 1.82) is 0 Å². The average Bonchev–Trinajstić information content (AvgIpc) is 2.45. The average molecular weight is 294 g/mol. The van der Waals surface area contributed by atoms with Crippen LogP contribution in [-0.2, 0) is 9.59 Å². The molecule has 21 heavy (non-hydrogen) atoms. The predicted octanol–water partition coefficient (Wildman–Crippen LogP) is 5.06. The van der Waals surface area contributed by atoms with Crippen molar-refractivity contribution in [2.75, 3.05) is 0 Å². The van der Waals surface area contributed by atoms with Gasteiger partial charge in [0.15, 0.2) is 5.78 Å². The molecule has 0 radical (unpaired) electrons. The second-order valence-electron chi connectivity index (χ2n) is 5.39. The summed E-state index contributed by atoms with van der Waals surface area (Å²) in [4.78, 5) is 21.8. The van der Waals surface area contributed by atoms with Crippen molar-refractivity contribution < 1.29 is 14.7 Å². The first-order valence-electron chi connectivity index (χ1n) is 8.23. The molecular formula is C18H30O3. The van der Waals surface area contributed by atoms with E-state index in [1.807, 2.05) is 12.2 Å². The lowest BCUT2D eigenvalue weighted by Crippen LogP contribution is -1.93. The lowest BCUT2D eigenvalue weighted by molar-refractivity contribution is -0.137. The number of hydrogen-bond acceptors (Lipinski definition) is 2. The van der Waals surface area contributed by atoms with E-state index in [2.05, 4.69) is 13.0 Å². The molecule has 0 bridgehead atoms. The van der Waals surface area contributed by atoms with Crippen LogP contribution in [0.3, 0.4) is 0 Å². The van der Waals surface area contributed by atoms with E-state index in [4.69, 9.17) is 5.11 Å². The van der Waals surface area contributed by atoms with Crippen molar-refractivity contribution in [3.63, 3.8) is 0 Å². The highest BCUT2D eigenvalue weighted by Crippen LogP contribution is 2.07. The van der Waals surface area contributed by atoms with Crippen LogP contribution < -0.4 is 0 Å². The van der Waals surface area contributed by atoms with Gasteiger partial charge in [0.2, 0.25) is 0 Å². The third-order valence-corrected chi connectivity index (χ3v) is 3.28. The third kappa shape index (κ3) is 16.6. The Kier molecular flexibility index (Phi) is 14.0. The largest absolute Gasteiger partial charge is 0.481 e. The minimum atomic E-state index is -0.702. The van der Waals surface area contributed by atoms with Gasteiger partial charge in [0, 0.05) is 12.8 Å². The van der Waals surface area contributed by atoms with Crippen molar-refractivity contribution in [2.45, 2.75) is 77.6 Å². The zero-order chi connectivity index (χ0) is 15.8. The van der Waals surface area contributed by atoms with Crippen molar-refractivity contribution in [3.8, 4) is 0 Å².